The Morgan fingerprint density at radius 3 is 2.43 bits per heavy atom. The van der Waals surface area contributed by atoms with Gasteiger partial charge in [0.05, 0.1) is 23.7 Å². The number of hydrogen-bond donors (Lipinski definition) is 1. The van der Waals surface area contributed by atoms with Crippen LogP contribution in [-0.2, 0) is 14.8 Å². The van der Waals surface area contributed by atoms with Crippen molar-refractivity contribution in [2.75, 3.05) is 30.6 Å². The monoisotopic (exact) mass is 560 g/mol. The van der Waals surface area contributed by atoms with Crippen LogP contribution in [0.15, 0.2) is 82.2 Å². The molecule has 3 aromatic carbocycles. The Kier molecular flexibility index (Phi) is 7.82. The van der Waals surface area contributed by atoms with E-state index in [1.54, 1.807) is 42.5 Å². The van der Waals surface area contributed by atoms with Gasteiger partial charge >= 0.3 is 0 Å². The van der Waals surface area contributed by atoms with E-state index in [1.165, 1.54) is 12.1 Å². The summed E-state index contributed by atoms with van der Waals surface area (Å²) in [5.41, 5.74) is 0.345. The number of amides is 1. The van der Waals surface area contributed by atoms with Gasteiger partial charge in [-0.05, 0) is 67.6 Å². The second kappa shape index (κ2) is 11.0. The van der Waals surface area contributed by atoms with Crippen LogP contribution in [0.25, 0.3) is 0 Å². The van der Waals surface area contributed by atoms with Crippen LogP contribution in [0.5, 0.6) is 17.2 Å². The zero-order valence-corrected chi connectivity index (χ0v) is 21.4. The first-order valence-electron chi connectivity index (χ1n) is 11.0. The van der Waals surface area contributed by atoms with E-state index in [0.29, 0.717) is 29.5 Å². The van der Waals surface area contributed by atoms with Crippen LogP contribution >= 0.6 is 15.9 Å². The lowest BCUT2D eigenvalue weighted by Crippen LogP contribution is -2.45. The molecule has 0 unspecified atom stereocenters. The smallest absolute Gasteiger partial charge is 0.264 e. The second-order valence-corrected chi connectivity index (χ2v) is 10.5. The molecule has 1 aliphatic rings. The van der Waals surface area contributed by atoms with Crippen molar-refractivity contribution in [2.45, 2.75) is 17.9 Å². The normalized spacial score (nSPS) is 14.7. The number of carbonyl (C=O) groups excluding carboxylic acids is 1. The third-order valence-electron chi connectivity index (χ3n) is 5.22. The second-order valence-electron chi connectivity index (χ2n) is 7.69. The summed E-state index contributed by atoms with van der Waals surface area (Å²) < 4.78 is 45.8. The number of halogens is 1. The minimum absolute atomic E-state index is 0.0722. The summed E-state index contributed by atoms with van der Waals surface area (Å²) in [6.45, 7) is 2.39. The molecule has 0 fully saturated rings. The fourth-order valence-electron chi connectivity index (χ4n) is 3.50. The lowest BCUT2D eigenvalue weighted by Gasteiger charge is -2.27. The Labute approximate surface area is 213 Å². The van der Waals surface area contributed by atoms with Gasteiger partial charge in [0, 0.05) is 4.47 Å². The zero-order valence-electron chi connectivity index (χ0n) is 19.0. The lowest BCUT2D eigenvalue weighted by atomic mass is 10.2. The van der Waals surface area contributed by atoms with Crippen molar-refractivity contribution in [1.29, 1.82) is 0 Å². The molecule has 3 aromatic rings. The predicted octanol–water partition coefficient (Wildman–Crippen LogP) is 4.00. The summed E-state index contributed by atoms with van der Waals surface area (Å²) in [4.78, 5) is 12.9. The number of anilines is 1. The summed E-state index contributed by atoms with van der Waals surface area (Å²) >= 11 is 3.32. The van der Waals surface area contributed by atoms with E-state index in [9.17, 15) is 13.2 Å². The maximum Gasteiger partial charge on any atom is 0.264 e. The molecule has 4 rings (SSSR count). The highest BCUT2D eigenvalue weighted by atomic mass is 79.9. The first-order chi connectivity index (χ1) is 16.9. The van der Waals surface area contributed by atoms with Crippen LogP contribution in [0.2, 0.25) is 0 Å². The third kappa shape index (κ3) is 6.07. The van der Waals surface area contributed by atoms with E-state index in [0.717, 1.165) is 8.78 Å². The minimum atomic E-state index is -4.02. The first kappa shape index (κ1) is 24.9. The molecule has 0 radical (unpaired) electrons. The maximum absolute atomic E-state index is 13.5. The lowest BCUT2D eigenvalue weighted by molar-refractivity contribution is -0.120. The number of benzene rings is 3. The van der Waals surface area contributed by atoms with Gasteiger partial charge in [0.1, 0.15) is 25.0 Å². The van der Waals surface area contributed by atoms with Crippen LogP contribution in [0.4, 0.5) is 5.69 Å². The average Bonchev–Trinajstić information content (AvgIpc) is 2.87. The standard InChI is InChI=1S/C25H25BrN2O6S/c1-2-32-20-11-9-19(10-12-20)28(35(30,31)22-13-7-18(26)8-14-22)16-25(29)27-15-21-17-33-23-5-3-4-6-24(23)34-21/h3-14,21H,2,15-17H2,1H3,(H,27,29)/t21-/m1/s1. The van der Waals surface area contributed by atoms with Gasteiger partial charge in [0.2, 0.25) is 5.91 Å². The topological polar surface area (TPSA) is 94.2 Å². The molecular formula is C25H25BrN2O6S. The largest absolute Gasteiger partial charge is 0.494 e. The number of rotatable bonds is 9. The molecule has 1 aliphatic heterocycles. The third-order valence-corrected chi connectivity index (χ3v) is 7.54. The molecule has 0 aliphatic carbocycles. The molecule has 1 heterocycles. The van der Waals surface area contributed by atoms with Crippen molar-refractivity contribution >= 4 is 37.5 Å². The van der Waals surface area contributed by atoms with Crippen molar-refractivity contribution in [3.8, 4) is 17.2 Å². The predicted molar refractivity (Wildman–Crippen MR) is 136 cm³/mol. The molecule has 10 heteroatoms. The van der Waals surface area contributed by atoms with Crippen molar-refractivity contribution in [1.82, 2.24) is 5.32 Å². The van der Waals surface area contributed by atoms with E-state index in [1.807, 2.05) is 25.1 Å². The Bertz CT molecular complexity index is 1270. The molecule has 35 heavy (non-hydrogen) atoms. The molecular weight excluding hydrogens is 536 g/mol. The Morgan fingerprint density at radius 1 is 1.06 bits per heavy atom. The van der Waals surface area contributed by atoms with E-state index in [-0.39, 0.29) is 18.0 Å². The highest BCUT2D eigenvalue weighted by molar-refractivity contribution is 9.10. The molecule has 8 nitrogen and oxygen atoms in total. The summed E-state index contributed by atoms with van der Waals surface area (Å²) in [6.07, 6.45) is -0.393. The molecule has 0 bridgehead atoms. The quantitative estimate of drug-likeness (QED) is 0.425. The summed E-state index contributed by atoms with van der Waals surface area (Å²) in [5, 5.41) is 2.77. The van der Waals surface area contributed by atoms with Gasteiger partial charge in [-0.3, -0.25) is 9.10 Å². The number of fused-ring (bicyclic) bond motifs is 1. The van der Waals surface area contributed by atoms with Crippen LogP contribution in [-0.4, -0.2) is 46.7 Å². The fraction of sp³-hybridized carbons (Fsp3) is 0.240. The van der Waals surface area contributed by atoms with Gasteiger partial charge in [0.25, 0.3) is 10.0 Å². The average molecular weight is 561 g/mol. The first-order valence-corrected chi connectivity index (χ1v) is 13.3. The summed E-state index contributed by atoms with van der Waals surface area (Å²) in [6, 6.07) is 20.1. The Hall–Kier alpha value is -3.24. The van der Waals surface area contributed by atoms with Crippen LogP contribution in [0, 0.1) is 0 Å². The summed E-state index contributed by atoms with van der Waals surface area (Å²) in [7, 11) is -4.02. The Morgan fingerprint density at radius 2 is 1.74 bits per heavy atom. The molecule has 0 saturated heterocycles. The molecule has 1 N–H and O–H groups in total. The number of ether oxygens (including phenoxy) is 3. The SMILES string of the molecule is CCOc1ccc(N(CC(=O)NC[C@@H]2COc3ccccc3O2)S(=O)(=O)c2ccc(Br)cc2)cc1. The molecule has 0 aromatic heterocycles. The van der Waals surface area contributed by atoms with Crippen LogP contribution < -0.4 is 23.8 Å². The van der Waals surface area contributed by atoms with Gasteiger partial charge in [-0.25, -0.2) is 8.42 Å². The fourth-order valence-corrected chi connectivity index (χ4v) is 5.19. The van der Waals surface area contributed by atoms with Crippen LogP contribution in [0.1, 0.15) is 6.92 Å². The van der Waals surface area contributed by atoms with Gasteiger partial charge in [-0.15, -0.1) is 0 Å². The van der Waals surface area contributed by atoms with E-state index in [4.69, 9.17) is 14.2 Å². The number of carbonyl (C=O) groups is 1. The molecule has 184 valence electrons. The van der Waals surface area contributed by atoms with Gasteiger partial charge in [-0.1, -0.05) is 28.1 Å². The summed E-state index contributed by atoms with van der Waals surface area (Å²) in [5.74, 6) is 1.39. The highest BCUT2D eigenvalue weighted by Crippen LogP contribution is 2.31. The van der Waals surface area contributed by atoms with Crippen molar-refractivity contribution < 1.29 is 27.4 Å². The Balaban J connectivity index is 1.50. The zero-order chi connectivity index (χ0) is 24.8. The van der Waals surface area contributed by atoms with Gasteiger partial charge in [-0.2, -0.15) is 0 Å². The molecule has 1 atom stereocenters. The minimum Gasteiger partial charge on any atom is -0.494 e. The van der Waals surface area contributed by atoms with Crippen molar-refractivity contribution in [3.05, 3.63) is 77.3 Å². The van der Waals surface area contributed by atoms with Crippen LogP contribution in [0.3, 0.4) is 0 Å². The van der Waals surface area contributed by atoms with E-state index < -0.39 is 28.6 Å². The van der Waals surface area contributed by atoms with Gasteiger partial charge < -0.3 is 19.5 Å². The maximum atomic E-state index is 13.5. The highest BCUT2D eigenvalue weighted by Gasteiger charge is 2.28. The molecule has 0 saturated carbocycles. The number of hydrogen-bond acceptors (Lipinski definition) is 6. The molecule has 1 amide bonds. The van der Waals surface area contributed by atoms with Gasteiger partial charge in [0.15, 0.2) is 11.5 Å². The number of nitrogens with one attached hydrogen (secondary N) is 1. The number of sulfonamides is 1. The number of nitrogens with zero attached hydrogens (tertiary/aromatic N) is 1. The number of para-hydroxylation sites is 2. The van der Waals surface area contributed by atoms with Crippen molar-refractivity contribution in [2.24, 2.45) is 0 Å². The van der Waals surface area contributed by atoms with E-state index in [2.05, 4.69) is 21.2 Å². The van der Waals surface area contributed by atoms with E-state index >= 15 is 0 Å². The van der Waals surface area contributed by atoms with Crippen molar-refractivity contribution in [3.63, 3.8) is 0 Å². The molecule has 0 spiro atoms.